The van der Waals surface area contributed by atoms with Gasteiger partial charge in [-0.25, -0.2) is 13.4 Å². The van der Waals surface area contributed by atoms with Crippen molar-refractivity contribution in [3.63, 3.8) is 0 Å². The van der Waals surface area contributed by atoms with Crippen molar-refractivity contribution in [2.45, 2.75) is 18.4 Å². The lowest BCUT2D eigenvalue weighted by atomic mass is 10.0. The molecule has 0 aliphatic rings. The summed E-state index contributed by atoms with van der Waals surface area (Å²) in [5, 5.41) is 27.0. The minimum absolute atomic E-state index is 0.0164. The third kappa shape index (κ3) is 4.59. The van der Waals surface area contributed by atoms with Gasteiger partial charge in [-0.2, -0.15) is 0 Å². The van der Waals surface area contributed by atoms with Gasteiger partial charge in [0, 0.05) is 34.9 Å². The summed E-state index contributed by atoms with van der Waals surface area (Å²) in [4.78, 5) is 4.03. The zero-order chi connectivity index (χ0) is 20.1. The molecule has 0 aliphatic heterocycles. The number of phenols is 1. The van der Waals surface area contributed by atoms with Crippen LogP contribution in [0.1, 0.15) is 16.7 Å². The second kappa shape index (κ2) is 8.28. The van der Waals surface area contributed by atoms with Crippen LogP contribution in [0.4, 0.5) is 10.8 Å². The Hall–Kier alpha value is -3.11. The molecule has 3 aromatic rings. The molecular formula is C18H18N4O4S2. The highest BCUT2D eigenvalue weighted by atomic mass is 32.2. The molecule has 4 N–H and O–H groups in total. The van der Waals surface area contributed by atoms with Crippen LogP contribution in [0.5, 0.6) is 5.75 Å². The van der Waals surface area contributed by atoms with Crippen molar-refractivity contribution >= 4 is 38.4 Å². The van der Waals surface area contributed by atoms with Crippen LogP contribution in [0.3, 0.4) is 0 Å². The number of nitrogens with zero attached hydrogens (tertiary/aromatic N) is 2. The molecule has 0 saturated carbocycles. The number of nitrogens with one attached hydrogen (secondary N) is 2. The molecule has 28 heavy (non-hydrogen) atoms. The summed E-state index contributed by atoms with van der Waals surface area (Å²) in [5.74, 6) is 0.0164. The van der Waals surface area contributed by atoms with E-state index in [2.05, 4.69) is 20.2 Å². The van der Waals surface area contributed by atoms with E-state index in [9.17, 15) is 13.5 Å². The molecule has 0 unspecified atom stereocenters. The van der Waals surface area contributed by atoms with E-state index in [0.29, 0.717) is 28.5 Å². The summed E-state index contributed by atoms with van der Waals surface area (Å²) < 4.78 is 27.1. The van der Waals surface area contributed by atoms with Crippen LogP contribution in [0.15, 0.2) is 58.0 Å². The van der Waals surface area contributed by atoms with Crippen LogP contribution >= 0.6 is 11.3 Å². The first-order chi connectivity index (χ1) is 13.4. The van der Waals surface area contributed by atoms with Crippen molar-refractivity contribution in [3.8, 4) is 5.75 Å². The average Bonchev–Trinajstić information content (AvgIpc) is 3.16. The Morgan fingerprint density at radius 1 is 1.25 bits per heavy atom. The van der Waals surface area contributed by atoms with Crippen molar-refractivity contribution in [1.29, 1.82) is 0 Å². The van der Waals surface area contributed by atoms with E-state index in [1.54, 1.807) is 23.6 Å². The Balaban J connectivity index is 1.72. The second-order valence-electron chi connectivity index (χ2n) is 5.93. The molecule has 0 bridgehead atoms. The van der Waals surface area contributed by atoms with E-state index in [4.69, 9.17) is 5.21 Å². The van der Waals surface area contributed by atoms with Gasteiger partial charge in [0.05, 0.1) is 11.1 Å². The van der Waals surface area contributed by atoms with E-state index in [1.807, 2.05) is 13.0 Å². The smallest absolute Gasteiger partial charge is 0.263 e. The van der Waals surface area contributed by atoms with E-state index in [1.165, 1.54) is 35.9 Å². The number of aryl methyl sites for hydroxylation is 1. The van der Waals surface area contributed by atoms with Gasteiger partial charge < -0.3 is 15.6 Å². The molecule has 0 radical (unpaired) electrons. The number of benzene rings is 2. The number of hydrogen-bond donors (Lipinski definition) is 4. The number of rotatable bonds is 7. The molecular weight excluding hydrogens is 400 g/mol. The summed E-state index contributed by atoms with van der Waals surface area (Å²) in [7, 11) is -3.70. The van der Waals surface area contributed by atoms with Crippen LogP contribution in [-0.2, 0) is 16.6 Å². The quantitative estimate of drug-likeness (QED) is 0.265. The van der Waals surface area contributed by atoms with E-state index in [-0.39, 0.29) is 10.6 Å². The normalized spacial score (nSPS) is 11.6. The van der Waals surface area contributed by atoms with Crippen molar-refractivity contribution in [2.24, 2.45) is 5.16 Å². The fourth-order valence-electron chi connectivity index (χ4n) is 2.58. The van der Waals surface area contributed by atoms with Gasteiger partial charge in [0.25, 0.3) is 10.0 Å². The molecule has 0 fully saturated rings. The molecule has 0 spiro atoms. The number of thiazole rings is 1. The van der Waals surface area contributed by atoms with Gasteiger partial charge in [-0.15, -0.1) is 11.3 Å². The van der Waals surface area contributed by atoms with E-state index < -0.39 is 10.0 Å². The number of phenolic OH excluding ortho intramolecular Hbond substituents is 1. The highest BCUT2D eigenvalue weighted by Crippen LogP contribution is 2.25. The fraction of sp³-hybridized carbons (Fsp3) is 0.111. The van der Waals surface area contributed by atoms with E-state index >= 15 is 0 Å². The number of oxime groups is 1. The van der Waals surface area contributed by atoms with Crippen molar-refractivity contribution in [1.82, 2.24) is 4.98 Å². The van der Waals surface area contributed by atoms with Crippen LogP contribution in [-0.4, -0.2) is 29.9 Å². The van der Waals surface area contributed by atoms with Gasteiger partial charge in [-0.05, 0) is 42.8 Å². The first-order valence-electron chi connectivity index (χ1n) is 8.15. The Bertz CT molecular complexity index is 1080. The largest absolute Gasteiger partial charge is 0.507 e. The highest BCUT2D eigenvalue weighted by molar-refractivity contribution is 7.93. The second-order valence-corrected chi connectivity index (χ2v) is 8.50. The van der Waals surface area contributed by atoms with E-state index in [0.717, 1.165) is 5.56 Å². The molecule has 0 saturated heterocycles. The number of anilines is 2. The van der Waals surface area contributed by atoms with Gasteiger partial charge >= 0.3 is 0 Å². The monoisotopic (exact) mass is 418 g/mol. The fourth-order valence-corrected chi connectivity index (χ4v) is 4.36. The predicted molar refractivity (Wildman–Crippen MR) is 109 cm³/mol. The number of hydrogen-bond acceptors (Lipinski definition) is 8. The van der Waals surface area contributed by atoms with Gasteiger partial charge in [0.1, 0.15) is 5.75 Å². The van der Waals surface area contributed by atoms with Gasteiger partial charge in [0.2, 0.25) is 0 Å². The third-order valence-corrected chi connectivity index (χ3v) is 6.03. The number of sulfonamides is 1. The topological polar surface area (TPSA) is 124 Å². The van der Waals surface area contributed by atoms with Crippen LogP contribution in [0, 0.1) is 6.92 Å². The summed E-state index contributed by atoms with van der Waals surface area (Å²) >= 11 is 1.20. The Morgan fingerprint density at radius 3 is 2.64 bits per heavy atom. The SMILES string of the molecule is Cc1cc(/C=N/O)c(O)c(CNc2ccc(S(=O)(=O)Nc3nccs3)cc2)c1. The van der Waals surface area contributed by atoms with Crippen LogP contribution in [0.25, 0.3) is 0 Å². The minimum Gasteiger partial charge on any atom is -0.507 e. The molecule has 1 aromatic heterocycles. The molecule has 0 amide bonds. The first-order valence-corrected chi connectivity index (χ1v) is 10.5. The zero-order valence-electron chi connectivity index (χ0n) is 14.8. The van der Waals surface area contributed by atoms with Crippen molar-refractivity contribution in [2.75, 3.05) is 10.0 Å². The summed E-state index contributed by atoms with van der Waals surface area (Å²) in [6, 6.07) is 9.76. The van der Waals surface area contributed by atoms with Crippen LogP contribution in [0.2, 0.25) is 0 Å². The minimum atomic E-state index is -3.70. The average molecular weight is 419 g/mol. The van der Waals surface area contributed by atoms with Gasteiger partial charge in [-0.1, -0.05) is 11.2 Å². The molecule has 2 aromatic carbocycles. The Kier molecular flexibility index (Phi) is 5.81. The maximum Gasteiger partial charge on any atom is 0.263 e. The van der Waals surface area contributed by atoms with Crippen molar-refractivity contribution in [3.05, 3.63) is 64.7 Å². The van der Waals surface area contributed by atoms with Gasteiger partial charge in [0.15, 0.2) is 5.13 Å². The van der Waals surface area contributed by atoms with Gasteiger partial charge in [-0.3, -0.25) is 4.72 Å². The summed E-state index contributed by atoms with van der Waals surface area (Å²) in [6.07, 6.45) is 2.69. The standard InChI is InChI=1S/C18H18N4O4S2/c1-12-8-13(17(23)14(9-12)11-21-24)10-20-15-2-4-16(5-3-15)28(25,26)22-18-19-6-7-27-18/h2-9,11,20,23-24H,10H2,1H3,(H,19,22)/b21-11+. The van der Waals surface area contributed by atoms with Crippen LogP contribution < -0.4 is 10.0 Å². The summed E-state index contributed by atoms with van der Waals surface area (Å²) in [6.45, 7) is 2.18. The number of aromatic nitrogens is 1. The molecule has 10 heteroatoms. The Labute approximate surface area is 166 Å². The lowest BCUT2D eigenvalue weighted by molar-refractivity contribution is 0.321. The highest BCUT2D eigenvalue weighted by Gasteiger charge is 2.15. The summed E-state index contributed by atoms with van der Waals surface area (Å²) in [5.41, 5.74) is 2.62. The maximum atomic E-state index is 12.3. The first kappa shape index (κ1) is 19.6. The Morgan fingerprint density at radius 2 is 2.00 bits per heavy atom. The lowest BCUT2D eigenvalue weighted by Gasteiger charge is -2.12. The molecule has 146 valence electrons. The zero-order valence-corrected chi connectivity index (χ0v) is 16.5. The molecule has 8 nitrogen and oxygen atoms in total. The van der Waals surface area contributed by atoms with Crippen molar-refractivity contribution < 1.29 is 18.7 Å². The number of aromatic hydroxyl groups is 1. The molecule has 0 atom stereocenters. The third-order valence-electron chi connectivity index (χ3n) is 3.86. The maximum absolute atomic E-state index is 12.3. The lowest BCUT2D eigenvalue weighted by Crippen LogP contribution is -2.12. The predicted octanol–water partition coefficient (Wildman–Crippen LogP) is 3.38. The molecule has 3 rings (SSSR count). The molecule has 0 aliphatic carbocycles. The molecule has 1 heterocycles.